The van der Waals surface area contributed by atoms with Crippen molar-refractivity contribution in [3.63, 3.8) is 0 Å². The van der Waals surface area contributed by atoms with Crippen molar-refractivity contribution in [2.75, 3.05) is 0 Å². The molecule has 3 nitrogen and oxygen atoms in total. The molecule has 2 rings (SSSR count). The Kier molecular flexibility index (Phi) is 4.69. The van der Waals surface area contributed by atoms with Crippen LogP contribution in [0.4, 0.5) is 4.39 Å². The highest BCUT2D eigenvalue weighted by atomic mass is 19.1. The SMILES string of the molecule is CCC(N)Cc1cccnc1Oc1ccc(F)cc1C. The molecule has 106 valence electrons. The molecule has 0 amide bonds. The first kappa shape index (κ1) is 14.5. The first-order chi connectivity index (χ1) is 9.60. The van der Waals surface area contributed by atoms with E-state index in [2.05, 4.69) is 4.98 Å². The molecule has 2 N–H and O–H groups in total. The Bertz CT molecular complexity index is 586. The van der Waals surface area contributed by atoms with Crippen LogP contribution in [0.3, 0.4) is 0 Å². The molecule has 0 aliphatic rings. The number of hydrogen-bond donors (Lipinski definition) is 1. The average Bonchev–Trinajstić information content (AvgIpc) is 2.43. The summed E-state index contributed by atoms with van der Waals surface area (Å²) in [4.78, 5) is 4.25. The third-order valence-electron chi connectivity index (χ3n) is 3.20. The maximum Gasteiger partial charge on any atom is 0.222 e. The molecule has 4 heteroatoms. The van der Waals surface area contributed by atoms with Crippen LogP contribution >= 0.6 is 0 Å². The summed E-state index contributed by atoms with van der Waals surface area (Å²) < 4.78 is 18.9. The summed E-state index contributed by atoms with van der Waals surface area (Å²) in [6.07, 6.45) is 3.28. The summed E-state index contributed by atoms with van der Waals surface area (Å²) in [5, 5.41) is 0. The monoisotopic (exact) mass is 274 g/mol. The summed E-state index contributed by atoms with van der Waals surface area (Å²) in [5.41, 5.74) is 7.69. The molecule has 0 radical (unpaired) electrons. The van der Waals surface area contributed by atoms with Crippen molar-refractivity contribution in [3.8, 4) is 11.6 Å². The van der Waals surface area contributed by atoms with Crippen molar-refractivity contribution < 1.29 is 9.13 Å². The first-order valence-corrected chi connectivity index (χ1v) is 6.73. The molecule has 1 unspecified atom stereocenters. The highest BCUT2D eigenvalue weighted by Crippen LogP contribution is 2.27. The second kappa shape index (κ2) is 6.48. The van der Waals surface area contributed by atoms with Gasteiger partial charge in [-0.1, -0.05) is 13.0 Å². The number of nitrogens with zero attached hydrogens (tertiary/aromatic N) is 1. The van der Waals surface area contributed by atoms with Crippen molar-refractivity contribution in [1.82, 2.24) is 4.98 Å². The van der Waals surface area contributed by atoms with E-state index in [0.717, 1.165) is 17.5 Å². The predicted molar refractivity (Wildman–Crippen MR) is 77.4 cm³/mol. The minimum atomic E-state index is -0.274. The third kappa shape index (κ3) is 3.54. The average molecular weight is 274 g/mol. The Morgan fingerprint density at radius 3 is 2.85 bits per heavy atom. The van der Waals surface area contributed by atoms with Crippen LogP contribution in [0.1, 0.15) is 24.5 Å². The van der Waals surface area contributed by atoms with Gasteiger partial charge in [-0.05, 0) is 49.6 Å². The number of benzene rings is 1. The minimum Gasteiger partial charge on any atom is -0.438 e. The summed E-state index contributed by atoms with van der Waals surface area (Å²) in [7, 11) is 0. The summed E-state index contributed by atoms with van der Waals surface area (Å²) >= 11 is 0. The van der Waals surface area contributed by atoms with E-state index < -0.39 is 0 Å². The van der Waals surface area contributed by atoms with Crippen LogP contribution in [0.5, 0.6) is 11.6 Å². The minimum absolute atomic E-state index is 0.0795. The van der Waals surface area contributed by atoms with E-state index in [-0.39, 0.29) is 11.9 Å². The van der Waals surface area contributed by atoms with Crippen LogP contribution in [0.25, 0.3) is 0 Å². The van der Waals surface area contributed by atoms with Gasteiger partial charge in [0.25, 0.3) is 0 Å². The molecule has 2 aromatic rings. The molecule has 0 aliphatic heterocycles. The van der Waals surface area contributed by atoms with Crippen molar-refractivity contribution in [1.29, 1.82) is 0 Å². The van der Waals surface area contributed by atoms with Gasteiger partial charge >= 0.3 is 0 Å². The van der Waals surface area contributed by atoms with E-state index in [1.54, 1.807) is 19.2 Å². The lowest BCUT2D eigenvalue weighted by Crippen LogP contribution is -2.21. The number of aromatic nitrogens is 1. The molecular formula is C16H19FN2O. The van der Waals surface area contributed by atoms with E-state index in [0.29, 0.717) is 18.1 Å². The van der Waals surface area contributed by atoms with Gasteiger partial charge in [-0.15, -0.1) is 0 Å². The Labute approximate surface area is 118 Å². The molecule has 0 saturated carbocycles. The van der Waals surface area contributed by atoms with E-state index in [1.807, 2.05) is 19.1 Å². The lowest BCUT2D eigenvalue weighted by Gasteiger charge is -2.14. The second-order valence-electron chi connectivity index (χ2n) is 4.85. The maximum absolute atomic E-state index is 13.1. The molecule has 1 aromatic heterocycles. The molecule has 1 aromatic carbocycles. The Morgan fingerprint density at radius 2 is 2.15 bits per heavy atom. The summed E-state index contributed by atoms with van der Waals surface area (Å²) in [6.45, 7) is 3.85. The number of aryl methyl sites for hydroxylation is 1. The van der Waals surface area contributed by atoms with Crippen molar-refractivity contribution in [2.24, 2.45) is 5.73 Å². The smallest absolute Gasteiger partial charge is 0.222 e. The Hall–Kier alpha value is -1.94. The van der Waals surface area contributed by atoms with Gasteiger partial charge in [-0.2, -0.15) is 0 Å². The van der Waals surface area contributed by atoms with E-state index in [9.17, 15) is 4.39 Å². The van der Waals surface area contributed by atoms with Crippen LogP contribution < -0.4 is 10.5 Å². The fourth-order valence-corrected chi connectivity index (χ4v) is 1.93. The molecule has 0 saturated heterocycles. The van der Waals surface area contributed by atoms with E-state index in [1.165, 1.54) is 12.1 Å². The predicted octanol–water partition coefficient (Wildman–Crippen LogP) is 3.60. The summed E-state index contributed by atoms with van der Waals surface area (Å²) in [6, 6.07) is 8.33. The van der Waals surface area contributed by atoms with Crippen LogP contribution in [0.15, 0.2) is 36.5 Å². The van der Waals surface area contributed by atoms with Crippen LogP contribution in [0.2, 0.25) is 0 Å². The van der Waals surface area contributed by atoms with Crippen LogP contribution in [-0.2, 0) is 6.42 Å². The zero-order chi connectivity index (χ0) is 14.5. The summed E-state index contributed by atoms with van der Waals surface area (Å²) in [5.74, 6) is 0.867. The van der Waals surface area contributed by atoms with Gasteiger partial charge in [-0.3, -0.25) is 0 Å². The van der Waals surface area contributed by atoms with Gasteiger partial charge in [0, 0.05) is 17.8 Å². The normalized spacial score (nSPS) is 12.2. The molecule has 20 heavy (non-hydrogen) atoms. The van der Waals surface area contributed by atoms with Crippen molar-refractivity contribution in [3.05, 3.63) is 53.5 Å². The Morgan fingerprint density at radius 1 is 1.35 bits per heavy atom. The molecule has 0 fully saturated rings. The molecule has 1 heterocycles. The van der Waals surface area contributed by atoms with Crippen LogP contribution in [-0.4, -0.2) is 11.0 Å². The fraction of sp³-hybridized carbons (Fsp3) is 0.312. The topological polar surface area (TPSA) is 48.1 Å². The molecule has 0 aliphatic carbocycles. The number of rotatable bonds is 5. The number of halogens is 1. The molecule has 0 spiro atoms. The third-order valence-corrected chi connectivity index (χ3v) is 3.20. The molecular weight excluding hydrogens is 255 g/mol. The standard InChI is InChI=1S/C16H19FN2O/c1-3-14(18)10-12-5-4-8-19-16(12)20-15-7-6-13(17)9-11(15)2/h4-9,14H,3,10,18H2,1-2H3. The highest BCUT2D eigenvalue weighted by Gasteiger charge is 2.11. The quantitative estimate of drug-likeness (QED) is 0.906. The number of hydrogen-bond acceptors (Lipinski definition) is 3. The van der Waals surface area contributed by atoms with Gasteiger partial charge in [0.2, 0.25) is 5.88 Å². The zero-order valence-electron chi connectivity index (χ0n) is 11.8. The highest BCUT2D eigenvalue weighted by molar-refractivity contribution is 5.38. The second-order valence-corrected chi connectivity index (χ2v) is 4.85. The lowest BCUT2D eigenvalue weighted by atomic mass is 10.1. The van der Waals surface area contributed by atoms with Gasteiger partial charge in [-0.25, -0.2) is 9.37 Å². The Balaban J connectivity index is 2.24. The fourth-order valence-electron chi connectivity index (χ4n) is 1.93. The number of nitrogens with two attached hydrogens (primary N) is 1. The molecule has 0 bridgehead atoms. The van der Waals surface area contributed by atoms with E-state index >= 15 is 0 Å². The largest absolute Gasteiger partial charge is 0.438 e. The number of ether oxygens (including phenoxy) is 1. The van der Waals surface area contributed by atoms with Gasteiger partial charge in [0.05, 0.1) is 0 Å². The van der Waals surface area contributed by atoms with E-state index in [4.69, 9.17) is 10.5 Å². The lowest BCUT2D eigenvalue weighted by molar-refractivity contribution is 0.447. The van der Waals surface area contributed by atoms with Crippen LogP contribution in [0, 0.1) is 12.7 Å². The van der Waals surface area contributed by atoms with Crippen molar-refractivity contribution >= 4 is 0 Å². The van der Waals surface area contributed by atoms with Gasteiger partial charge < -0.3 is 10.5 Å². The van der Waals surface area contributed by atoms with Gasteiger partial charge in [0.1, 0.15) is 11.6 Å². The number of pyridine rings is 1. The van der Waals surface area contributed by atoms with Crippen molar-refractivity contribution in [2.45, 2.75) is 32.7 Å². The van der Waals surface area contributed by atoms with Gasteiger partial charge in [0.15, 0.2) is 0 Å². The molecule has 1 atom stereocenters. The zero-order valence-corrected chi connectivity index (χ0v) is 11.8. The first-order valence-electron chi connectivity index (χ1n) is 6.73. The maximum atomic E-state index is 13.1.